The molecule has 0 bridgehead atoms. The van der Waals surface area contributed by atoms with Gasteiger partial charge >= 0.3 is 34.5 Å². The van der Waals surface area contributed by atoms with Crippen LogP contribution >= 0.6 is 35.7 Å². The number of hydrogen-bond acceptors (Lipinski definition) is 0. The Labute approximate surface area is 84.4 Å². The van der Waals surface area contributed by atoms with Gasteiger partial charge in [-0.1, -0.05) is 20.4 Å². The standard InChI is InChI=1S/C6H4Br.HI.Zn/c7-6-4-2-1-3-5-6;;/h1-4H;1H;/q-1;;+2/p-1. The molecular formula is C6H4BrIZn. The van der Waals surface area contributed by atoms with Crippen molar-refractivity contribution in [1.29, 1.82) is 0 Å². The van der Waals surface area contributed by atoms with Crippen LogP contribution in [0.5, 0.6) is 0 Å². The number of hydrogen-bond donors (Lipinski definition) is 0. The molecule has 0 heterocycles. The Hall–Kier alpha value is 1.05. The van der Waals surface area contributed by atoms with E-state index in [0.29, 0.717) is 0 Å². The molecular weight excluding hydrogens is 344 g/mol. The van der Waals surface area contributed by atoms with Gasteiger partial charge < -0.3 is 0 Å². The van der Waals surface area contributed by atoms with E-state index >= 15 is 0 Å². The molecule has 0 aliphatic carbocycles. The van der Waals surface area contributed by atoms with E-state index in [-0.39, 0.29) is 0 Å². The van der Waals surface area contributed by atoms with Gasteiger partial charge in [0.25, 0.3) is 0 Å². The van der Waals surface area contributed by atoms with Gasteiger partial charge in [-0.3, -0.25) is 0 Å². The van der Waals surface area contributed by atoms with Crippen molar-refractivity contribution >= 4 is 35.7 Å². The van der Waals surface area contributed by atoms with Gasteiger partial charge in [-0.2, -0.15) is 30.3 Å². The van der Waals surface area contributed by atoms with Crippen LogP contribution in [0.15, 0.2) is 28.7 Å². The molecule has 1 aromatic carbocycles. The van der Waals surface area contributed by atoms with Crippen molar-refractivity contribution in [2.24, 2.45) is 0 Å². The van der Waals surface area contributed by atoms with E-state index in [4.69, 9.17) is 0 Å². The van der Waals surface area contributed by atoms with E-state index in [9.17, 15) is 0 Å². The van der Waals surface area contributed by atoms with Crippen molar-refractivity contribution in [2.75, 3.05) is 0 Å². The van der Waals surface area contributed by atoms with Crippen molar-refractivity contribution in [1.82, 2.24) is 0 Å². The molecule has 0 amide bonds. The second-order valence-corrected chi connectivity index (χ2v) is 2.06. The molecule has 1 rings (SSSR count). The summed E-state index contributed by atoms with van der Waals surface area (Å²) in [4.78, 5) is 0. The van der Waals surface area contributed by atoms with E-state index in [1.54, 1.807) is 0 Å². The van der Waals surface area contributed by atoms with Crippen LogP contribution < -0.4 is 0 Å². The van der Waals surface area contributed by atoms with Gasteiger partial charge in [0, 0.05) is 0 Å². The van der Waals surface area contributed by atoms with E-state index < -0.39 is 0 Å². The molecule has 0 unspecified atom stereocenters. The molecule has 0 saturated carbocycles. The van der Waals surface area contributed by atoms with Gasteiger partial charge in [0.15, 0.2) is 0 Å². The Morgan fingerprint density at radius 3 is 2.33 bits per heavy atom. The van der Waals surface area contributed by atoms with Crippen LogP contribution in [-0.4, -0.2) is 0 Å². The summed E-state index contributed by atoms with van der Waals surface area (Å²) in [5.74, 6) is 0. The van der Waals surface area contributed by atoms with Crippen LogP contribution in [0.2, 0.25) is 0 Å². The quantitative estimate of drug-likeness (QED) is 0.384. The van der Waals surface area contributed by atoms with Crippen LogP contribution in [0.4, 0.5) is 0 Å². The molecule has 0 aliphatic heterocycles. The molecule has 44 valence electrons. The van der Waals surface area contributed by atoms with Gasteiger partial charge in [0.05, 0.1) is 0 Å². The zero-order chi connectivity index (χ0) is 7.11. The first kappa shape index (κ1) is 10.1. The van der Waals surface area contributed by atoms with Crippen LogP contribution in [0.25, 0.3) is 0 Å². The van der Waals surface area contributed by atoms with Crippen LogP contribution in [0.1, 0.15) is 0 Å². The average Bonchev–Trinajstić information content (AvgIpc) is 1.94. The Morgan fingerprint density at radius 2 is 2.11 bits per heavy atom. The van der Waals surface area contributed by atoms with E-state index in [1.807, 2.05) is 24.3 Å². The molecule has 9 heavy (non-hydrogen) atoms. The molecule has 0 fully saturated rings. The fraction of sp³-hybridized carbons (Fsp3) is 0. The normalized spacial score (nSPS) is 7.56. The van der Waals surface area contributed by atoms with E-state index in [2.05, 4.69) is 41.7 Å². The SMILES string of the molecule is Brc1[c-]cccc1.[Zn+][I]. The molecule has 1 aromatic rings. The molecule has 0 radical (unpaired) electrons. The summed E-state index contributed by atoms with van der Waals surface area (Å²) < 4.78 is 1.01. The van der Waals surface area contributed by atoms with E-state index in [0.717, 1.165) is 4.47 Å². The molecule has 0 nitrogen and oxygen atoms in total. The van der Waals surface area contributed by atoms with Crippen LogP contribution in [0.3, 0.4) is 0 Å². The minimum atomic E-state index is 1.01. The predicted molar refractivity (Wildman–Crippen MR) is 47.0 cm³/mol. The minimum absolute atomic E-state index is 1.01. The summed E-state index contributed by atoms with van der Waals surface area (Å²) in [6.45, 7) is 0. The monoisotopic (exact) mass is 346 g/mol. The van der Waals surface area contributed by atoms with Crippen molar-refractivity contribution in [3.05, 3.63) is 34.8 Å². The topological polar surface area (TPSA) is 0 Å². The van der Waals surface area contributed by atoms with Gasteiger partial charge in [-0.05, 0) is 0 Å². The zero-order valence-electron chi connectivity index (χ0n) is 4.77. The number of rotatable bonds is 0. The molecule has 0 saturated heterocycles. The van der Waals surface area contributed by atoms with Crippen molar-refractivity contribution < 1.29 is 14.8 Å². The summed E-state index contributed by atoms with van der Waals surface area (Å²) >= 11 is 6.88. The summed E-state index contributed by atoms with van der Waals surface area (Å²) in [6, 6.07) is 10.7. The molecule has 0 spiro atoms. The summed E-state index contributed by atoms with van der Waals surface area (Å²) in [5.41, 5.74) is 0. The van der Waals surface area contributed by atoms with Gasteiger partial charge in [0.2, 0.25) is 0 Å². The van der Waals surface area contributed by atoms with Gasteiger partial charge in [-0.15, -0.1) is 0 Å². The summed E-state index contributed by atoms with van der Waals surface area (Å²) in [6.07, 6.45) is 0. The fourth-order valence-electron chi connectivity index (χ4n) is 0.371. The van der Waals surface area contributed by atoms with Gasteiger partial charge in [0.1, 0.15) is 0 Å². The van der Waals surface area contributed by atoms with Crippen molar-refractivity contribution in [2.45, 2.75) is 0 Å². The molecule has 0 aromatic heterocycles. The molecule has 3 heteroatoms. The Kier molecular flexibility index (Phi) is 8.00. The van der Waals surface area contributed by atoms with Crippen LogP contribution in [0, 0.1) is 6.07 Å². The maximum atomic E-state index is 3.26. The average molecular weight is 348 g/mol. The summed E-state index contributed by atoms with van der Waals surface area (Å²) in [7, 11) is 0. The number of halogens is 2. The van der Waals surface area contributed by atoms with Crippen molar-refractivity contribution in [3.63, 3.8) is 0 Å². The fourth-order valence-corrected chi connectivity index (χ4v) is 0.656. The maximum absolute atomic E-state index is 3.26. The van der Waals surface area contributed by atoms with Crippen LogP contribution in [-0.2, 0) is 14.8 Å². The Bertz CT molecular complexity index is 143. The second-order valence-electron chi connectivity index (χ2n) is 1.21. The molecule has 0 N–H and O–H groups in total. The summed E-state index contributed by atoms with van der Waals surface area (Å²) in [5, 5.41) is 0. The first-order chi connectivity index (χ1) is 4.39. The molecule has 0 aliphatic rings. The zero-order valence-corrected chi connectivity index (χ0v) is 11.5. The Morgan fingerprint density at radius 1 is 1.44 bits per heavy atom. The Balaban J connectivity index is 0.000000291. The third-order valence-electron chi connectivity index (χ3n) is 0.671. The molecule has 0 atom stereocenters. The first-order valence-electron chi connectivity index (χ1n) is 2.28. The van der Waals surface area contributed by atoms with Gasteiger partial charge in [-0.25, -0.2) is 0 Å². The van der Waals surface area contributed by atoms with Crippen molar-refractivity contribution in [3.8, 4) is 0 Å². The third-order valence-corrected chi connectivity index (χ3v) is 1.16. The third kappa shape index (κ3) is 5.50. The first-order valence-corrected chi connectivity index (χ1v) is 12.1. The predicted octanol–water partition coefficient (Wildman–Crippen LogP) is 3.13. The second kappa shape index (κ2) is 7.16. The van der Waals surface area contributed by atoms with E-state index in [1.165, 1.54) is 14.8 Å². The number of benzene rings is 1.